The summed E-state index contributed by atoms with van der Waals surface area (Å²) in [5.74, 6) is 2.84. The Balaban J connectivity index is 1.34. The molecular formula is C24H35F. The van der Waals surface area contributed by atoms with Crippen molar-refractivity contribution in [3.63, 3.8) is 0 Å². The maximum absolute atomic E-state index is 13.0. The van der Waals surface area contributed by atoms with Gasteiger partial charge in [0.05, 0.1) is 0 Å². The van der Waals surface area contributed by atoms with Crippen molar-refractivity contribution in [2.75, 3.05) is 0 Å². The third kappa shape index (κ3) is 5.97. The molecule has 25 heavy (non-hydrogen) atoms. The fourth-order valence-electron chi connectivity index (χ4n) is 4.79. The Morgan fingerprint density at radius 3 is 2.16 bits per heavy atom. The van der Waals surface area contributed by atoms with Gasteiger partial charge in [-0.3, -0.25) is 0 Å². The summed E-state index contributed by atoms with van der Waals surface area (Å²) >= 11 is 0. The summed E-state index contributed by atoms with van der Waals surface area (Å²) in [6.07, 6.45) is 19.0. The standard InChI is InChI=1S/C24H35F/c1-2-19-3-5-20(6-4-19)7-8-21-9-11-22(12-10-21)13-14-23-15-17-24(25)18-16-23/h11,15-21H,2-10,12-14H2,1H3/t19-,20-,21?. The van der Waals surface area contributed by atoms with Crippen LogP contribution in [0, 0.1) is 23.6 Å². The summed E-state index contributed by atoms with van der Waals surface area (Å²) < 4.78 is 13.0. The van der Waals surface area contributed by atoms with Gasteiger partial charge in [0.25, 0.3) is 0 Å². The molecule has 1 unspecified atom stereocenters. The highest BCUT2D eigenvalue weighted by atomic mass is 19.1. The van der Waals surface area contributed by atoms with Crippen molar-refractivity contribution in [2.24, 2.45) is 17.8 Å². The Bertz CT molecular complexity index is 534. The van der Waals surface area contributed by atoms with Crippen molar-refractivity contribution in [3.05, 3.63) is 47.3 Å². The molecule has 1 heteroatoms. The molecule has 1 fully saturated rings. The SMILES string of the molecule is CC[C@H]1CC[C@H](CCC2CC=C(CCc3ccc(F)cc3)CC2)CC1. The molecule has 1 aromatic carbocycles. The molecule has 0 spiro atoms. The number of hydrogen-bond donors (Lipinski definition) is 0. The van der Waals surface area contributed by atoms with Gasteiger partial charge in [-0.2, -0.15) is 0 Å². The van der Waals surface area contributed by atoms with E-state index in [0.29, 0.717) is 0 Å². The highest BCUT2D eigenvalue weighted by molar-refractivity contribution is 5.18. The number of allylic oxidation sites excluding steroid dienone is 2. The van der Waals surface area contributed by atoms with Crippen molar-refractivity contribution in [1.82, 2.24) is 0 Å². The van der Waals surface area contributed by atoms with Gasteiger partial charge >= 0.3 is 0 Å². The zero-order chi connectivity index (χ0) is 17.5. The summed E-state index contributed by atoms with van der Waals surface area (Å²) in [7, 11) is 0. The lowest BCUT2D eigenvalue weighted by Crippen LogP contribution is -2.15. The van der Waals surface area contributed by atoms with E-state index < -0.39 is 0 Å². The number of benzene rings is 1. The Hall–Kier alpha value is -1.11. The lowest BCUT2D eigenvalue weighted by molar-refractivity contribution is 0.241. The summed E-state index contributed by atoms with van der Waals surface area (Å²) in [6, 6.07) is 7.01. The first-order chi connectivity index (χ1) is 12.2. The van der Waals surface area contributed by atoms with Gasteiger partial charge < -0.3 is 0 Å². The van der Waals surface area contributed by atoms with Crippen LogP contribution in [0.15, 0.2) is 35.9 Å². The molecule has 0 aromatic heterocycles. The van der Waals surface area contributed by atoms with Crippen LogP contribution in [0.3, 0.4) is 0 Å². The van der Waals surface area contributed by atoms with Crippen molar-refractivity contribution < 1.29 is 4.39 Å². The minimum absolute atomic E-state index is 0.133. The largest absolute Gasteiger partial charge is 0.207 e. The normalized spacial score (nSPS) is 27.1. The van der Waals surface area contributed by atoms with E-state index in [1.165, 1.54) is 69.8 Å². The average molecular weight is 343 g/mol. The van der Waals surface area contributed by atoms with E-state index in [-0.39, 0.29) is 5.82 Å². The van der Waals surface area contributed by atoms with Crippen molar-refractivity contribution in [2.45, 2.75) is 84.0 Å². The van der Waals surface area contributed by atoms with E-state index in [0.717, 1.165) is 30.6 Å². The van der Waals surface area contributed by atoms with Gasteiger partial charge in [0.1, 0.15) is 5.82 Å². The maximum atomic E-state index is 13.0. The zero-order valence-electron chi connectivity index (χ0n) is 16.0. The summed E-state index contributed by atoms with van der Waals surface area (Å²) in [6.45, 7) is 2.35. The first-order valence-electron chi connectivity index (χ1n) is 10.6. The number of hydrogen-bond acceptors (Lipinski definition) is 0. The van der Waals surface area contributed by atoms with Crippen molar-refractivity contribution >= 4 is 0 Å². The second-order valence-electron chi connectivity index (χ2n) is 8.50. The van der Waals surface area contributed by atoms with E-state index in [9.17, 15) is 4.39 Å². The van der Waals surface area contributed by atoms with Crippen molar-refractivity contribution in [1.29, 1.82) is 0 Å². The van der Waals surface area contributed by atoms with E-state index >= 15 is 0 Å². The lowest BCUT2D eigenvalue weighted by Gasteiger charge is -2.29. The van der Waals surface area contributed by atoms with Crippen LogP contribution in [-0.4, -0.2) is 0 Å². The van der Waals surface area contributed by atoms with Crippen LogP contribution in [0.25, 0.3) is 0 Å². The summed E-state index contributed by atoms with van der Waals surface area (Å²) in [5, 5.41) is 0. The molecule has 1 aromatic rings. The van der Waals surface area contributed by atoms with Gasteiger partial charge in [-0.05, 0) is 74.0 Å². The Morgan fingerprint density at radius 1 is 0.840 bits per heavy atom. The van der Waals surface area contributed by atoms with Crippen molar-refractivity contribution in [3.8, 4) is 0 Å². The van der Waals surface area contributed by atoms with Gasteiger partial charge in [-0.25, -0.2) is 4.39 Å². The van der Waals surface area contributed by atoms with Crippen LogP contribution in [0.5, 0.6) is 0 Å². The van der Waals surface area contributed by atoms with Gasteiger partial charge in [-0.15, -0.1) is 0 Å². The average Bonchev–Trinajstić information content (AvgIpc) is 2.67. The molecule has 0 amide bonds. The van der Waals surface area contributed by atoms with Gasteiger partial charge in [0.2, 0.25) is 0 Å². The Morgan fingerprint density at radius 2 is 1.52 bits per heavy atom. The predicted octanol–water partition coefficient (Wildman–Crippen LogP) is 7.48. The first kappa shape index (κ1) is 18.7. The summed E-state index contributed by atoms with van der Waals surface area (Å²) in [4.78, 5) is 0. The Labute approximate surface area is 153 Å². The molecule has 0 nitrogen and oxygen atoms in total. The monoisotopic (exact) mass is 342 g/mol. The fraction of sp³-hybridized carbons (Fsp3) is 0.667. The minimum Gasteiger partial charge on any atom is -0.207 e. The molecule has 1 atom stereocenters. The van der Waals surface area contributed by atoms with Gasteiger partial charge in [-0.1, -0.05) is 69.2 Å². The number of halogens is 1. The van der Waals surface area contributed by atoms with Crippen LogP contribution < -0.4 is 0 Å². The second kappa shape index (κ2) is 9.55. The highest BCUT2D eigenvalue weighted by Gasteiger charge is 2.21. The number of aryl methyl sites for hydroxylation is 1. The highest BCUT2D eigenvalue weighted by Crippen LogP contribution is 2.36. The molecule has 3 rings (SSSR count). The molecule has 0 heterocycles. The molecule has 0 N–H and O–H groups in total. The quantitative estimate of drug-likeness (QED) is 0.450. The lowest BCUT2D eigenvalue weighted by atomic mass is 9.76. The molecule has 0 saturated heterocycles. The maximum Gasteiger partial charge on any atom is 0.123 e. The fourth-order valence-corrected chi connectivity index (χ4v) is 4.79. The third-order valence-corrected chi connectivity index (χ3v) is 6.79. The van der Waals surface area contributed by atoms with E-state index in [1.807, 2.05) is 12.1 Å². The van der Waals surface area contributed by atoms with E-state index in [1.54, 1.807) is 17.7 Å². The van der Waals surface area contributed by atoms with Crippen LogP contribution in [-0.2, 0) is 6.42 Å². The molecule has 138 valence electrons. The van der Waals surface area contributed by atoms with E-state index in [4.69, 9.17) is 0 Å². The van der Waals surface area contributed by atoms with Crippen LogP contribution >= 0.6 is 0 Å². The molecule has 2 aliphatic carbocycles. The van der Waals surface area contributed by atoms with Crippen LogP contribution in [0.2, 0.25) is 0 Å². The smallest absolute Gasteiger partial charge is 0.123 e. The first-order valence-corrected chi connectivity index (χ1v) is 10.6. The minimum atomic E-state index is -0.133. The van der Waals surface area contributed by atoms with Gasteiger partial charge in [0.15, 0.2) is 0 Å². The van der Waals surface area contributed by atoms with Crippen LogP contribution in [0.1, 0.15) is 83.1 Å². The summed E-state index contributed by atoms with van der Waals surface area (Å²) in [5.41, 5.74) is 2.89. The molecule has 0 aliphatic heterocycles. The zero-order valence-corrected chi connectivity index (χ0v) is 16.0. The molecule has 2 aliphatic rings. The third-order valence-electron chi connectivity index (χ3n) is 6.79. The van der Waals surface area contributed by atoms with Gasteiger partial charge in [0, 0.05) is 0 Å². The molecular weight excluding hydrogens is 307 g/mol. The number of rotatable bonds is 7. The predicted molar refractivity (Wildman–Crippen MR) is 105 cm³/mol. The molecule has 1 saturated carbocycles. The molecule has 0 radical (unpaired) electrons. The Kier molecular flexibility index (Phi) is 7.13. The topological polar surface area (TPSA) is 0 Å². The second-order valence-corrected chi connectivity index (χ2v) is 8.50. The molecule has 0 bridgehead atoms. The van der Waals surface area contributed by atoms with Crippen LogP contribution in [0.4, 0.5) is 4.39 Å². The van der Waals surface area contributed by atoms with E-state index in [2.05, 4.69) is 13.0 Å².